The zero-order chi connectivity index (χ0) is 23.4. The average Bonchev–Trinajstić information content (AvgIpc) is 3.66. The minimum absolute atomic E-state index is 0.306. The van der Waals surface area contributed by atoms with Crippen molar-refractivity contribution in [2.45, 2.75) is 36.9 Å². The number of rotatable bonds is 9. The summed E-state index contributed by atoms with van der Waals surface area (Å²) in [5, 5.41) is 12.3. The average molecular weight is 453 g/mol. The quantitative estimate of drug-likeness (QED) is 0.303. The van der Waals surface area contributed by atoms with E-state index in [1.807, 2.05) is 60.8 Å². The van der Waals surface area contributed by atoms with Gasteiger partial charge < -0.3 is 4.74 Å². The molecule has 0 radical (unpaired) electrons. The van der Waals surface area contributed by atoms with Gasteiger partial charge in [0.25, 0.3) is 0 Å². The van der Waals surface area contributed by atoms with Crippen LogP contribution < -0.4 is 5.32 Å². The molecule has 172 valence electrons. The molecule has 1 aromatic heterocycles. The fraction of sp³-hybridized carbons (Fsp3) is 0.250. The van der Waals surface area contributed by atoms with Gasteiger partial charge in [-0.2, -0.15) is 0 Å². The Morgan fingerprint density at radius 3 is 1.88 bits per heavy atom. The molecule has 0 amide bonds. The monoisotopic (exact) mass is 452 g/mol. The Morgan fingerprint density at radius 2 is 1.44 bits per heavy atom. The summed E-state index contributed by atoms with van der Waals surface area (Å²) in [5.74, 6) is 0.144. The van der Waals surface area contributed by atoms with Crippen molar-refractivity contribution in [3.05, 3.63) is 120 Å². The third-order valence-electron chi connectivity index (χ3n) is 6.42. The minimum Gasteiger partial charge on any atom is -0.468 e. The second-order valence-electron chi connectivity index (χ2n) is 8.71. The van der Waals surface area contributed by atoms with Crippen molar-refractivity contribution in [1.82, 2.24) is 20.3 Å². The summed E-state index contributed by atoms with van der Waals surface area (Å²) in [5.41, 5.74) is 3.28. The first-order valence-corrected chi connectivity index (χ1v) is 11.6. The topological polar surface area (TPSA) is 69.0 Å². The Labute approximate surface area is 199 Å². The number of hydrogen-bond donors (Lipinski definition) is 1. The smallest absolute Gasteiger partial charge is 0.324 e. The molecule has 1 aliphatic carbocycles. The maximum absolute atomic E-state index is 13.1. The molecule has 6 nitrogen and oxygen atoms in total. The first-order chi connectivity index (χ1) is 16.7. The maximum Gasteiger partial charge on any atom is 0.324 e. The van der Waals surface area contributed by atoms with Gasteiger partial charge in [0, 0.05) is 12.1 Å². The van der Waals surface area contributed by atoms with Crippen LogP contribution in [0.4, 0.5) is 0 Å². The highest BCUT2D eigenvalue weighted by Crippen LogP contribution is 2.39. The summed E-state index contributed by atoms with van der Waals surface area (Å²) >= 11 is 0. The van der Waals surface area contributed by atoms with Crippen LogP contribution in [0, 0.1) is 0 Å². The van der Waals surface area contributed by atoms with Gasteiger partial charge in [-0.15, -0.1) is 5.10 Å². The lowest BCUT2D eigenvalue weighted by Gasteiger charge is -2.39. The molecular formula is C28H28N4O2. The van der Waals surface area contributed by atoms with Gasteiger partial charge in [0.1, 0.15) is 6.04 Å². The zero-order valence-corrected chi connectivity index (χ0v) is 19.2. The number of aromatic nitrogens is 3. The predicted octanol–water partition coefficient (Wildman–Crippen LogP) is 4.28. The van der Waals surface area contributed by atoms with E-state index in [1.54, 1.807) is 4.68 Å². The first-order valence-electron chi connectivity index (χ1n) is 11.6. The molecule has 0 unspecified atom stereocenters. The summed E-state index contributed by atoms with van der Waals surface area (Å²) in [6.07, 6.45) is 4.25. The first kappa shape index (κ1) is 22.0. The highest BCUT2D eigenvalue weighted by Gasteiger charge is 2.40. The molecule has 1 fully saturated rings. The molecule has 1 heterocycles. The molecule has 1 atom stereocenters. The number of carbonyl (C=O) groups is 1. The third kappa shape index (κ3) is 4.37. The van der Waals surface area contributed by atoms with Crippen LogP contribution in [0.2, 0.25) is 0 Å². The molecule has 0 aliphatic heterocycles. The number of carbonyl (C=O) groups excluding carboxylic acids is 1. The number of hydrogen-bond acceptors (Lipinski definition) is 5. The molecule has 4 aromatic rings. The fourth-order valence-electron chi connectivity index (χ4n) is 4.55. The van der Waals surface area contributed by atoms with E-state index in [1.165, 1.54) is 7.11 Å². The van der Waals surface area contributed by atoms with Crippen molar-refractivity contribution in [2.75, 3.05) is 7.11 Å². The Kier molecular flexibility index (Phi) is 6.23. The van der Waals surface area contributed by atoms with Crippen LogP contribution in [-0.2, 0) is 21.6 Å². The molecule has 0 spiro atoms. The van der Waals surface area contributed by atoms with Gasteiger partial charge in [-0.1, -0.05) is 96.2 Å². The lowest BCUT2D eigenvalue weighted by molar-refractivity contribution is -0.144. The Morgan fingerprint density at radius 1 is 0.941 bits per heavy atom. The van der Waals surface area contributed by atoms with Crippen molar-refractivity contribution >= 4 is 5.97 Å². The van der Waals surface area contributed by atoms with Crippen LogP contribution in [0.1, 0.15) is 41.1 Å². The molecule has 0 saturated heterocycles. The third-order valence-corrected chi connectivity index (χ3v) is 6.42. The van der Waals surface area contributed by atoms with Gasteiger partial charge in [-0.05, 0) is 29.5 Å². The summed E-state index contributed by atoms with van der Waals surface area (Å²) in [7, 11) is 1.42. The summed E-state index contributed by atoms with van der Waals surface area (Å²) in [6.45, 7) is 0.306. The maximum atomic E-state index is 13.1. The molecule has 0 bridgehead atoms. The van der Waals surface area contributed by atoms with Crippen LogP contribution in [-0.4, -0.2) is 34.1 Å². The van der Waals surface area contributed by atoms with Gasteiger partial charge in [0.15, 0.2) is 0 Å². The zero-order valence-electron chi connectivity index (χ0n) is 19.2. The van der Waals surface area contributed by atoms with Gasteiger partial charge >= 0.3 is 5.97 Å². The number of benzene rings is 3. The van der Waals surface area contributed by atoms with Gasteiger partial charge in [-0.3, -0.25) is 14.8 Å². The van der Waals surface area contributed by atoms with Gasteiger partial charge in [-0.25, -0.2) is 0 Å². The van der Waals surface area contributed by atoms with Crippen LogP contribution in [0.25, 0.3) is 0 Å². The van der Waals surface area contributed by atoms with E-state index in [2.05, 4.69) is 52.0 Å². The van der Waals surface area contributed by atoms with Crippen LogP contribution >= 0.6 is 0 Å². The van der Waals surface area contributed by atoms with Crippen molar-refractivity contribution in [3.63, 3.8) is 0 Å². The minimum atomic E-state index is -0.789. The van der Waals surface area contributed by atoms with Crippen molar-refractivity contribution in [2.24, 2.45) is 0 Å². The second kappa shape index (κ2) is 9.61. The number of ether oxygens (including phenoxy) is 1. The summed E-state index contributed by atoms with van der Waals surface area (Å²) in [6, 6.07) is 29.9. The van der Waals surface area contributed by atoms with Gasteiger partial charge in [0.05, 0.1) is 24.9 Å². The molecule has 34 heavy (non-hydrogen) atoms. The highest BCUT2D eigenvalue weighted by atomic mass is 16.5. The summed E-state index contributed by atoms with van der Waals surface area (Å²) in [4.78, 5) is 13.1. The molecule has 1 N–H and O–H groups in total. The van der Waals surface area contributed by atoms with E-state index in [0.717, 1.165) is 35.2 Å². The van der Waals surface area contributed by atoms with E-state index in [-0.39, 0.29) is 5.97 Å². The van der Waals surface area contributed by atoms with Crippen molar-refractivity contribution in [1.29, 1.82) is 0 Å². The standard InChI is InChI=1S/C28H28N4O2/c1-34-27(33)26(20-32-19-25(30-31-32)21-17-18-21)29-28(22-11-5-2-6-12-22,23-13-7-3-8-14-23)24-15-9-4-10-16-24/h2-16,19,21,26,29H,17-18,20H2,1H3/t26-/m0/s1. The molecular weight excluding hydrogens is 424 g/mol. The molecule has 1 aliphatic rings. The van der Waals surface area contributed by atoms with E-state index < -0.39 is 11.6 Å². The highest BCUT2D eigenvalue weighted by molar-refractivity contribution is 5.76. The normalized spacial score (nSPS) is 14.5. The number of nitrogens with one attached hydrogen (secondary N) is 1. The fourth-order valence-corrected chi connectivity index (χ4v) is 4.55. The van der Waals surface area contributed by atoms with E-state index in [0.29, 0.717) is 12.5 Å². The molecule has 6 heteroatoms. The number of esters is 1. The van der Waals surface area contributed by atoms with Crippen molar-refractivity contribution in [3.8, 4) is 0 Å². The molecule has 3 aromatic carbocycles. The van der Waals surface area contributed by atoms with E-state index >= 15 is 0 Å². The van der Waals surface area contributed by atoms with Gasteiger partial charge in [0.2, 0.25) is 0 Å². The Balaban J connectivity index is 1.62. The van der Waals surface area contributed by atoms with Crippen LogP contribution in [0.15, 0.2) is 97.2 Å². The molecule has 1 saturated carbocycles. The van der Waals surface area contributed by atoms with Crippen LogP contribution in [0.5, 0.6) is 0 Å². The second-order valence-corrected chi connectivity index (χ2v) is 8.71. The SMILES string of the molecule is COC(=O)[C@H](Cn1cc(C2CC2)nn1)NC(c1ccccc1)(c1ccccc1)c1ccccc1. The Hall–Kier alpha value is -3.77. The van der Waals surface area contributed by atoms with Crippen molar-refractivity contribution < 1.29 is 9.53 Å². The lowest BCUT2D eigenvalue weighted by Crippen LogP contribution is -2.54. The van der Waals surface area contributed by atoms with E-state index in [9.17, 15) is 4.79 Å². The Bertz CT molecular complexity index is 1120. The lowest BCUT2D eigenvalue weighted by atomic mass is 9.76. The largest absolute Gasteiger partial charge is 0.468 e. The predicted molar refractivity (Wildman–Crippen MR) is 130 cm³/mol. The summed E-state index contributed by atoms with van der Waals surface area (Å²) < 4.78 is 6.99. The molecule has 5 rings (SSSR count). The number of nitrogens with zero attached hydrogens (tertiary/aromatic N) is 3. The van der Waals surface area contributed by atoms with Crippen LogP contribution in [0.3, 0.4) is 0 Å². The van der Waals surface area contributed by atoms with E-state index in [4.69, 9.17) is 4.74 Å². The number of methoxy groups -OCH3 is 1.